The van der Waals surface area contributed by atoms with Gasteiger partial charge in [0.25, 0.3) is 0 Å². The van der Waals surface area contributed by atoms with Crippen molar-refractivity contribution in [2.24, 2.45) is 0 Å². The highest BCUT2D eigenvalue weighted by Gasteiger charge is 2.15. The molecule has 2 aromatic rings. The van der Waals surface area contributed by atoms with Gasteiger partial charge in [0, 0.05) is 4.47 Å². The zero-order valence-electron chi connectivity index (χ0n) is 10.4. The maximum absolute atomic E-state index is 11.7. The van der Waals surface area contributed by atoms with Gasteiger partial charge >= 0.3 is 11.8 Å². The van der Waals surface area contributed by atoms with Crippen molar-refractivity contribution in [3.63, 3.8) is 0 Å². The molecule has 0 amide bonds. The number of hydrogen-bond acceptors (Lipinski definition) is 5. The number of halogens is 1. The molecule has 20 heavy (non-hydrogen) atoms. The number of benzene rings is 1. The van der Waals surface area contributed by atoms with Crippen LogP contribution in [0.25, 0.3) is 0 Å². The van der Waals surface area contributed by atoms with Crippen LogP contribution in [0, 0.1) is 10.1 Å². The first-order valence-electron chi connectivity index (χ1n) is 5.54. The molecule has 0 fully saturated rings. The molecule has 0 aliphatic heterocycles. The summed E-state index contributed by atoms with van der Waals surface area (Å²) < 4.78 is 7.05. The number of imidazole rings is 1. The van der Waals surface area contributed by atoms with Crippen molar-refractivity contribution in [1.82, 2.24) is 9.55 Å². The van der Waals surface area contributed by atoms with E-state index >= 15 is 0 Å². The van der Waals surface area contributed by atoms with E-state index in [0.717, 1.165) is 4.47 Å². The molecule has 0 saturated heterocycles. The molecule has 104 valence electrons. The van der Waals surface area contributed by atoms with E-state index in [0.29, 0.717) is 11.1 Å². The molecular weight excluding hydrogens is 330 g/mol. The van der Waals surface area contributed by atoms with Crippen molar-refractivity contribution in [2.75, 3.05) is 7.11 Å². The maximum Gasteiger partial charge on any atom is 0.381 e. The molecule has 1 aromatic carbocycles. The van der Waals surface area contributed by atoms with Crippen LogP contribution in [-0.4, -0.2) is 27.6 Å². The van der Waals surface area contributed by atoms with Crippen LogP contribution in [0.1, 0.15) is 15.9 Å². The van der Waals surface area contributed by atoms with Crippen LogP contribution in [-0.2, 0) is 11.3 Å². The zero-order chi connectivity index (χ0) is 14.7. The Balaban J connectivity index is 2.33. The van der Waals surface area contributed by atoms with Gasteiger partial charge in [0.1, 0.15) is 6.20 Å². The molecule has 1 heterocycles. The first-order valence-corrected chi connectivity index (χ1v) is 6.33. The van der Waals surface area contributed by atoms with Gasteiger partial charge in [-0.25, -0.2) is 4.79 Å². The van der Waals surface area contributed by atoms with E-state index < -0.39 is 10.9 Å². The van der Waals surface area contributed by atoms with E-state index in [2.05, 4.69) is 20.9 Å². The Morgan fingerprint density at radius 1 is 1.55 bits per heavy atom. The van der Waals surface area contributed by atoms with Crippen LogP contribution in [0.4, 0.5) is 5.82 Å². The number of ether oxygens (including phenoxy) is 1. The Bertz CT molecular complexity index is 668. The Morgan fingerprint density at radius 2 is 2.30 bits per heavy atom. The second-order valence-electron chi connectivity index (χ2n) is 3.95. The Kier molecular flexibility index (Phi) is 4.14. The summed E-state index contributed by atoms with van der Waals surface area (Å²) in [5.41, 5.74) is 1.09. The third-order valence-electron chi connectivity index (χ3n) is 2.63. The number of nitro groups is 1. The molecule has 7 nitrogen and oxygen atoms in total. The number of methoxy groups -OCH3 is 1. The van der Waals surface area contributed by atoms with Crippen LogP contribution >= 0.6 is 15.9 Å². The zero-order valence-corrected chi connectivity index (χ0v) is 12.0. The van der Waals surface area contributed by atoms with Gasteiger partial charge < -0.3 is 19.4 Å². The van der Waals surface area contributed by atoms with Gasteiger partial charge in [-0.15, -0.1) is 0 Å². The molecule has 1 aromatic heterocycles. The number of rotatable bonds is 4. The van der Waals surface area contributed by atoms with Crippen LogP contribution in [0.15, 0.2) is 35.2 Å². The van der Waals surface area contributed by atoms with Crippen molar-refractivity contribution in [3.05, 3.63) is 56.4 Å². The summed E-state index contributed by atoms with van der Waals surface area (Å²) in [5, 5.41) is 10.6. The quantitative estimate of drug-likeness (QED) is 0.484. The minimum atomic E-state index is -0.571. The lowest BCUT2D eigenvalue weighted by Crippen LogP contribution is -2.08. The fraction of sp³-hybridized carbons (Fsp3) is 0.167. The molecule has 0 bridgehead atoms. The van der Waals surface area contributed by atoms with E-state index in [1.165, 1.54) is 24.2 Å². The summed E-state index contributed by atoms with van der Waals surface area (Å²) in [4.78, 5) is 25.4. The third-order valence-corrected chi connectivity index (χ3v) is 3.13. The second kappa shape index (κ2) is 5.83. The van der Waals surface area contributed by atoms with Crippen molar-refractivity contribution in [2.45, 2.75) is 6.54 Å². The smallest absolute Gasteiger partial charge is 0.381 e. The number of esters is 1. The monoisotopic (exact) mass is 339 g/mol. The van der Waals surface area contributed by atoms with Crippen LogP contribution in [0.2, 0.25) is 0 Å². The van der Waals surface area contributed by atoms with Crippen molar-refractivity contribution in [3.8, 4) is 0 Å². The fourth-order valence-electron chi connectivity index (χ4n) is 1.73. The summed E-state index contributed by atoms with van der Waals surface area (Å²) in [5.74, 6) is -0.693. The summed E-state index contributed by atoms with van der Waals surface area (Å²) >= 11 is 3.32. The number of carbonyl (C=O) groups excluding carboxylic acids is 1. The van der Waals surface area contributed by atoms with Gasteiger partial charge in [-0.05, 0) is 33.7 Å². The molecule has 2 rings (SSSR count). The van der Waals surface area contributed by atoms with Gasteiger partial charge in [-0.1, -0.05) is 15.9 Å². The van der Waals surface area contributed by atoms with E-state index in [1.54, 1.807) is 18.2 Å². The molecule has 0 aliphatic carbocycles. The van der Waals surface area contributed by atoms with Crippen molar-refractivity contribution < 1.29 is 14.5 Å². The molecule has 8 heteroatoms. The standard InChI is InChI=1S/C12H10BrN3O4/c1-20-12(17)10-3-2-9(13)4-8(10)5-15-6-11(14-7-15)16(18)19/h2-4,6-7H,5H2,1H3. The van der Waals surface area contributed by atoms with Crippen LogP contribution < -0.4 is 0 Å². The van der Waals surface area contributed by atoms with Crippen molar-refractivity contribution >= 4 is 27.7 Å². The molecule has 0 radical (unpaired) electrons. The van der Waals surface area contributed by atoms with Gasteiger partial charge in [0.15, 0.2) is 0 Å². The summed E-state index contributed by atoms with van der Waals surface area (Å²) in [6, 6.07) is 5.13. The SMILES string of the molecule is COC(=O)c1ccc(Br)cc1Cn1cnc([N+](=O)[O-])c1. The Labute approximate surface area is 122 Å². The van der Waals surface area contributed by atoms with Gasteiger partial charge in [-0.2, -0.15) is 0 Å². The van der Waals surface area contributed by atoms with Crippen LogP contribution in [0.5, 0.6) is 0 Å². The third kappa shape index (κ3) is 3.02. The minimum absolute atomic E-state index is 0.236. The molecule has 0 N–H and O–H groups in total. The molecule has 0 unspecified atom stereocenters. The molecule has 0 aliphatic rings. The number of hydrogen-bond donors (Lipinski definition) is 0. The first-order chi connectivity index (χ1) is 9.51. The topological polar surface area (TPSA) is 87.3 Å². The highest BCUT2D eigenvalue weighted by atomic mass is 79.9. The highest BCUT2D eigenvalue weighted by molar-refractivity contribution is 9.10. The Morgan fingerprint density at radius 3 is 2.90 bits per heavy atom. The number of aromatic nitrogens is 2. The van der Waals surface area contributed by atoms with Crippen molar-refractivity contribution in [1.29, 1.82) is 0 Å². The van der Waals surface area contributed by atoms with Crippen LogP contribution in [0.3, 0.4) is 0 Å². The predicted octanol–water partition coefficient (Wildman–Crippen LogP) is 2.39. The molecule has 0 saturated carbocycles. The Hall–Kier alpha value is -2.22. The normalized spacial score (nSPS) is 10.3. The average molecular weight is 340 g/mol. The van der Waals surface area contributed by atoms with Gasteiger partial charge in [0.05, 0.1) is 19.2 Å². The largest absolute Gasteiger partial charge is 0.465 e. The second-order valence-corrected chi connectivity index (χ2v) is 4.87. The van der Waals surface area contributed by atoms with E-state index in [9.17, 15) is 14.9 Å². The predicted molar refractivity (Wildman–Crippen MR) is 73.5 cm³/mol. The average Bonchev–Trinajstić information content (AvgIpc) is 2.87. The van der Waals surface area contributed by atoms with Gasteiger partial charge in [0.2, 0.25) is 6.33 Å². The maximum atomic E-state index is 11.7. The lowest BCUT2D eigenvalue weighted by atomic mass is 10.1. The summed E-state index contributed by atoms with van der Waals surface area (Å²) in [6.45, 7) is 0.282. The lowest BCUT2D eigenvalue weighted by molar-refractivity contribution is -0.389. The molecular formula is C12H10BrN3O4. The molecule has 0 atom stereocenters. The fourth-order valence-corrected chi connectivity index (χ4v) is 2.14. The summed E-state index contributed by atoms with van der Waals surface area (Å²) in [7, 11) is 1.30. The summed E-state index contributed by atoms with van der Waals surface area (Å²) in [6.07, 6.45) is 2.65. The number of carbonyl (C=O) groups is 1. The lowest BCUT2D eigenvalue weighted by Gasteiger charge is -2.08. The van der Waals surface area contributed by atoms with Gasteiger partial charge in [-0.3, -0.25) is 0 Å². The first kappa shape index (κ1) is 14.2. The van der Waals surface area contributed by atoms with E-state index in [1.807, 2.05) is 0 Å². The van der Waals surface area contributed by atoms with E-state index in [-0.39, 0.29) is 12.4 Å². The number of nitrogens with zero attached hydrogens (tertiary/aromatic N) is 3. The molecule has 0 spiro atoms. The minimum Gasteiger partial charge on any atom is -0.465 e. The van der Waals surface area contributed by atoms with E-state index in [4.69, 9.17) is 4.74 Å². The highest BCUT2D eigenvalue weighted by Crippen LogP contribution is 2.19.